The average molecular weight is 485 g/mol. The van der Waals surface area contributed by atoms with E-state index in [9.17, 15) is 27.2 Å². The van der Waals surface area contributed by atoms with Gasteiger partial charge in [0.1, 0.15) is 24.9 Å². The maximum Gasteiger partial charge on any atom is 0.299 e. The van der Waals surface area contributed by atoms with Crippen LogP contribution in [0.15, 0.2) is 35.5 Å². The highest BCUT2D eigenvalue weighted by Gasteiger charge is 2.54. The fraction of sp³-hybridized carbons (Fsp3) is 0.250. The Balaban J connectivity index is 0.00000129. The number of carbonyl (C=O) groups excluding carboxylic acids is 2. The third kappa shape index (κ3) is 5.46. The number of hydrogen-bond donors (Lipinski definition) is 4. The molecule has 0 saturated heterocycles. The zero-order valence-electron chi connectivity index (χ0n) is 17.5. The Kier molecular flexibility index (Phi) is 7.89. The molecule has 0 unspecified atom stereocenters. The van der Waals surface area contributed by atoms with Gasteiger partial charge in [0, 0.05) is 17.4 Å². The van der Waals surface area contributed by atoms with Gasteiger partial charge in [0.15, 0.2) is 17.1 Å². The van der Waals surface area contributed by atoms with E-state index < -0.39 is 52.8 Å². The molecule has 0 saturated carbocycles. The second-order valence-electron chi connectivity index (χ2n) is 7.05. The summed E-state index contributed by atoms with van der Waals surface area (Å²) in [6, 6.07) is 3.61. The lowest BCUT2D eigenvalue weighted by atomic mass is 9.85. The largest absolute Gasteiger partial charge is 0.483 e. The van der Waals surface area contributed by atoms with Crippen LogP contribution in [0, 0.1) is 11.6 Å². The maximum absolute atomic E-state index is 14.7. The first-order valence-electron chi connectivity index (χ1n) is 9.30. The van der Waals surface area contributed by atoms with Crippen molar-refractivity contribution in [2.24, 2.45) is 16.5 Å². The van der Waals surface area contributed by atoms with Gasteiger partial charge in [-0.2, -0.15) is 0 Å². The highest BCUT2D eigenvalue weighted by molar-refractivity contribution is 6.03. The fourth-order valence-electron chi connectivity index (χ4n) is 2.99. The van der Waals surface area contributed by atoms with E-state index in [2.05, 4.69) is 15.3 Å². The molecule has 14 heteroatoms. The van der Waals surface area contributed by atoms with Crippen molar-refractivity contribution in [3.8, 4) is 0 Å². The minimum absolute atomic E-state index is 0.127. The van der Waals surface area contributed by atoms with E-state index in [1.54, 1.807) is 0 Å². The van der Waals surface area contributed by atoms with Gasteiger partial charge in [0.2, 0.25) is 5.91 Å². The van der Waals surface area contributed by atoms with Crippen molar-refractivity contribution in [2.75, 3.05) is 18.5 Å². The number of primary amides is 1. The molecule has 34 heavy (non-hydrogen) atoms. The van der Waals surface area contributed by atoms with E-state index in [1.165, 1.54) is 0 Å². The number of pyridine rings is 1. The van der Waals surface area contributed by atoms with Crippen molar-refractivity contribution in [2.45, 2.75) is 18.4 Å². The molecule has 1 aromatic heterocycles. The number of amides is 2. The monoisotopic (exact) mass is 485 g/mol. The zero-order chi connectivity index (χ0) is 25.7. The van der Waals surface area contributed by atoms with E-state index in [0.717, 1.165) is 37.4 Å². The highest BCUT2D eigenvalue weighted by atomic mass is 19.3. The molecule has 3 rings (SSSR count). The smallest absolute Gasteiger partial charge is 0.299 e. The summed E-state index contributed by atoms with van der Waals surface area (Å²) in [4.78, 5) is 39.1. The van der Waals surface area contributed by atoms with E-state index in [4.69, 9.17) is 26.1 Å². The van der Waals surface area contributed by atoms with Crippen molar-refractivity contribution >= 4 is 29.8 Å². The Labute approximate surface area is 189 Å². The third-order valence-corrected chi connectivity index (χ3v) is 4.70. The number of anilines is 1. The molecule has 182 valence electrons. The first-order chi connectivity index (χ1) is 15.9. The minimum Gasteiger partial charge on any atom is -0.483 e. The van der Waals surface area contributed by atoms with Gasteiger partial charge in [-0.1, -0.05) is 0 Å². The number of carboxylic acid groups (broad SMARTS) is 1. The topological polar surface area (TPSA) is 170 Å². The maximum atomic E-state index is 14.7. The molecule has 2 amide bonds. The van der Waals surface area contributed by atoms with Crippen molar-refractivity contribution in [3.63, 3.8) is 0 Å². The number of nitrogens with two attached hydrogens (primary N) is 2. The number of halogens is 4. The summed E-state index contributed by atoms with van der Waals surface area (Å²) in [5.74, 6) is -8.04. The fourth-order valence-corrected chi connectivity index (χ4v) is 2.99. The van der Waals surface area contributed by atoms with Crippen LogP contribution in [-0.2, 0) is 15.1 Å². The van der Waals surface area contributed by atoms with Crippen molar-refractivity contribution < 1.29 is 41.8 Å². The SMILES string of the molecule is C[C@]1(c2cc(NC(=O)c3ncc(C(N)=O)cc3F)ccc2F)N=C(N)COCC1(F)F.O=CO. The van der Waals surface area contributed by atoms with Crippen LogP contribution in [-0.4, -0.2) is 53.3 Å². The molecule has 2 heterocycles. The van der Waals surface area contributed by atoms with Gasteiger partial charge in [-0.15, -0.1) is 0 Å². The summed E-state index contributed by atoms with van der Waals surface area (Å²) in [6.45, 7) is -0.664. The molecule has 10 nitrogen and oxygen atoms in total. The number of benzene rings is 1. The normalized spacial score (nSPS) is 19.0. The molecule has 0 radical (unpaired) electrons. The Morgan fingerprint density at radius 2 is 1.88 bits per heavy atom. The predicted octanol–water partition coefficient (Wildman–Crippen LogP) is 1.65. The van der Waals surface area contributed by atoms with Gasteiger partial charge in [-0.3, -0.25) is 19.4 Å². The summed E-state index contributed by atoms with van der Waals surface area (Å²) in [5, 5.41) is 9.13. The zero-order valence-corrected chi connectivity index (χ0v) is 17.5. The number of ether oxygens (including phenoxy) is 1. The Hall–Kier alpha value is -4.07. The lowest BCUT2D eigenvalue weighted by molar-refractivity contribution is -0.122. The van der Waals surface area contributed by atoms with Gasteiger partial charge in [-0.25, -0.2) is 22.5 Å². The van der Waals surface area contributed by atoms with E-state index in [0.29, 0.717) is 0 Å². The number of aromatic nitrogens is 1. The second-order valence-corrected chi connectivity index (χ2v) is 7.05. The second kappa shape index (κ2) is 10.2. The van der Waals surface area contributed by atoms with Gasteiger partial charge >= 0.3 is 0 Å². The van der Waals surface area contributed by atoms with Crippen LogP contribution in [0.5, 0.6) is 0 Å². The van der Waals surface area contributed by atoms with Crippen LogP contribution >= 0.6 is 0 Å². The molecule has 6 N–H and O–H groups in total. The molecular weight excluding hydrogens is 466 g/mol. The van der Waals surface area contributed by atoms with Gasteiger partial charge in [0.05, 0.1) is 5.56 Å². The number of alkyl halides is 2. The van der Waals surface area contributed by atoms with Crippen LogP contribution in [0.3, 0.4) is 0 Å². The predicted molar refractivity (Wildman–Crippen MR) is 110 cm³/mol. The molecule has 1 aliphatic rings. The van der Waals surface area contributed by atoms with E-state index in [1.807, 2.05) is 0 Å². The summed E-state index contributed by atoms with van der Waals surface area (Å²) >= 11 is 0. The van der Waals surface area contributed by atoms with Crippen molar-refractivity contribution in [3.05, 3.63) is 58.9 Å². The molecule has 0 aliphatic carbocycles. The van der Waals surface area contributed by atoms with Crippen molar-refractivity contribution in [1.29, 1.82) is 0 Å². The quantitative estimate of drug-likeness (QED) is 0.377. The number of amidine groups is 1. The summed E-state index contributed by atoms with van der Waals surface area (Å²) in [6.07, 6.45) is 0.904. The number of hydrogen-bond acceptors (Lipinski definition) is 7. The standard InChI is InChI=1S/C19H17F4N5O3.CH2O2/c1-18(19(22,23)8-31-7-14(24)28-18)11-5-10(2-3-12(11)20)27-17(30)15-13(21)4-9(6-26-15)16(25)29;2-1-3/h2-6H,7-8H2,1H3,(H2,24,28)(H2,25,29)(H,27,30);1H,(H,2,3)/t18-;/m1./s1. The molecule has 2 aromatic rings. The summed E-state index contributed by atoms with van der Waals surface area (Å²) in [7, 11) is 0. The lowest BCUT2D eigenvalue weighted by Gasteiger charge is -2.33. The molecule has 0 bridgehead atoms. The van der Waals surface area contributed by atoms with Gasteiger partial charge in [0.25, 0.3) is 18.3 Å². The molecule has 1 aliphatic heterocycles. The van der Waals surface area contributed by atoms with Crippen LogP contribution in [0.4, 0.5) is 23.2 Å². The summed E-state index contributed by atoms with van der Waals surface area (Å²) in [5.41, 5.74) is 6.56. The molecule has 0 fully saturated rings. The van der Waals surface area contributed by atoms with E-state index in [-0.39, 0.29) is 30.2 Å². The van der Waals surface area contributed by atoms with Crippen LogP contribution < -0.4 is 16.8 Å². The van der Waals surface area contributed by atoms with E-state index >= 15 is 0 Å². The minimum atomic E-state index is -3.63. The average Bonchev–Trinajstić information content (AvgIpc) is 2.84. The molecule has 1 aromatic carbocycles. The first kappa shape index (κ1) is 26.2. The number of aliphatic imine (C=N–C) groups is 1. The first-order valence-corrected chi connectivity index (χ1v) is 9.30. The van der Waals surface area contributed by atoms with Crippen molar-refractivity contribution in [1.82, 2.24) is 4.98 Å². The Morgan fingerprint density at radius 3 is 2.47 bits per heavy atom. The van der Waals surface area contributed by atoms with Crippen LogP contribution in [0.1, 0.15) is 33.3 Å². The number of nitrogens with zero attached hydrogens (tertiary/aromatic N) is 2. The lowest BCUT2D eigenvalue weighted by Crippen LogP contribution is -2.45. The summed E-state index contributed by atoms with van der Waals surface area (Å²) < 4.78 is 62.9. The molecular formula is C20H19F4N5O5. The molecule has 1 atom stereocenters. The highest BCUT2D eigenvalue weighted by Crippen LogP contribution is 2.44. The number of rotatable bonds is 4. The number of carbonyl (C=O) groups is 3. The van der Waals surface area contributed by atoms with Crippen LogP contribution in [0.2, 0.25) is 0 Å². The van der Waals surface area contributed by atoms with Gasteiger partial charge < -0.3 is 26.6 Å². The van der Waals surface area contributed by atoms with Crippen LogP contribution in [0.25, 0.3) is 0 Å². The van der Waals surface area contributed by atoms with Gasteiger partial charge in [-0.05, 0) is 31.2 Å². The Morgan fingerprint density at radius 1 is 1.24 bits per heavy atom. The Bertz CT molecular complexity index is 1140. The third-order valence-electron chi connectivity index (χ3n) is 4.70. The number of nitrogens with one attached hydrogen (secondary N) is 1. The molecule has 0 spiro atoms.